The van der Waals surface area contributed by atoms with Crippen molar-refractivity contribution in [3.63, 3.8) is 0 Å². The molecule has 0 radical (unpaired) electrons. The van der Waals surface area contributed by atoms with E-state index in [1.807, 2.05) is 5.32 Å². The lowest BCUT2D eigenvalue weighted by molar-refractivity contribution is -0.242. The van der Waals surface area contributed by atoms with Gasteiger partial charge in [0, 0.05) is 5.69 Å². The highest BCUT2D eigenvalue weighted by molar-refractivity contribution is 8.45. The molecule has 44 heavy (non-hydrogen) atoms. The van der Waals surface area contributed by atoms with Crippen LogP contribution in [0.1, 0.15) is 27.7 Å². The van der Waals surface area contributed by atoms with Crippen LogP contribution in [-0.2, 0) is 19.6 Å². The average molecular weight is 686 g/mol. The van der Waals surface area contributed by atoms with Crippen LogP contribution in [0, 0.1) is 0 Å². The highest BCUT2D eigenvalue weighted by atomic mass is 32.5. The maximum absolute atomic E-state index is 13.6. The molecule has 0 unspecified atom stereocenters. The monoisotopic (exact) mass is 685 g/mol. The molecular formula is C24H27F8N3O7S2. The first-order valence-corrected chi connectivity index (χ1v) is 15.7. The van der Waals surface area contributed by atoms with Gasteiger partial charge < -0.3 is 19.9 Å². The van der Waals surface area contributed by atoms with E-state index in [4.69, 9.17) is 4.74 Å². The number of aliphatic hydroxyl groups is 1. The SMILES string of the molecule is CC(C)(O)C(=O)NC[C@H]1CN(S(=O)(=O)c2cccc(S(F)(F)(F)(F)F)c2)c2cc(NC(=O)OC(C)(C)C(F)(F)F)ccc2O1. The molecule has 0 bridgehead atoms. The van der Waals surface area contributed by atoms with Crippen LogP contribution >= 0.6 is 10.2 Å². The summed E-state index contributed by atoms with van der Waals surface area (Å²) in [6.07, 6.45) is -7.81. The molecule has 0 aromatic heterocycles. The number of ether oxygens (including phenoxy) is 2. The number of halogens is 8. The van der Waals surface area contributed by atoms with Gasteiger partial charge in [-0.2, -0.15) is 13.2 Å². The van der Waals surface area contributed by atoms with Crippen LogP contribution in [0.2, 0.25) is 0 Å². The van der Waals surface area contributed by atoms with Crippen molar-refractivity contribution in [2.75, 3.05) is 22.7 Å². The summed E-state index contributed by atoms with van der Waals surface area (Å²) in [4.78, 5) is 20.6. The van der Waals surface area contributed by atoms with E-state index in [1.54, 1.807) is 0 Å². The highest BCUT2D eigenvalue weighted by Crippen LogP contribution is 3.02. The van der Waals surface area contributed by atoms with Crippen LogP contribution in [0.4, 0.5) is 48.8 Å². The number of benzene rings is 2. The Labute approximate surface area is 246 Å². The van der Waals surface area contributed by atoms with Gasteiger partial charge in [0.25, 0.3) is 15.9 Å². The number of nitrogens with one attached hydrogen (secondary N) is 2. The van der Waals surface area contributed by atoms with Crippen LogP contribution in [0.15, 0.2) is 52.3 Å². The van der Waals surface area contributed by atoms with Crippen LogP contribution in [0.5, 0.6) is 5.75 Å². The Balaban J connectivity index is 2.05. The number of carbonyl (C=O) groups is 2. The number of amides is 2. The van der Waals surface area contributed by atoms with Crippen molar-refractivity contribution in [3.8, 4) is 5.75 Å². The third-order valence-corrected chi connectivity index (χ3v) is 8.97. The summed E-state index contributed by atoms with van der Waals surface area (Å²) in [7, 11) is -15.4. The molecular weight excluding hydrogens is 658 g/mol. The van der Waals surface area contributed by atoms with Gasteiger partial charge in [0.15, 0.2) is 0 Å². The summed E-state index contributed by atoms with van der Waals surface area (Å²) in [5, 5.41) is 14.1. The van der Waals surface area contributed by atoms with Crippen molar-refractivity contribution in [3.05, 3.63) is 42.5 Å². The number of hydrogen-bond acceptors (Lipinski definition) is 7. The van der Waals surface area contributed by atoms with Crippen molar-refractivity contribution >= 4 is 43.6 Å². The lowest BCUT2D eigenvalue weighted by atomic mass is 10.1. The predicted molar refractivity (Wildman–Crippen MR) is 143 cm³/mol. The van der Waals surface area contributed by atoms with Crippen molar-refractivity contribution in [2.45, 2.75) is 61.0 Å². The van der Waals surface area contributed by atoms with E-state index >= 15 is 0 Å². The van der Waals surface area contributed by atoms with Crippen LogP contribution in [0.25, 0.3) is 0 Å². The summed E-state index contributed by atoms with van der Waals surface area (Å²) in [5.74, 6) is -1.19. The zero-order valence-electron chi connectivity index (χ0n) is 23.2. The molecule has 1 aliphatic heterocycles. The quantitative estimate of drug-likeness (QED) is 0.287. The molecule has 2 aromatic carbocycles. The van der Waals surface area contributed by atoms with E-state index in [2.05, 4.69) is 10.1 Å². The smallest absolute Gasteiger partial charge is 0.427 e. The molecule has 0 saturated heterocycles. The molecule has 0 aliphatic carbocycles. The van der Waals surface area contributed by atoms with Gasteiger partial charge in [-0.1, -0.05) is 25.5 Å². The summed E-state index contributed by atoms with van der Waals surface area (Å²) in [5.41, 5.74) is -5.59. The average Bonchev–Trinajstić information content (AvgIpc) is 2.84. The van der Waals surface area contributed by atoms with Gasteiger partial charge in [0.05, 0.1) is 23.7 Å². The minimum Gasteiger partial charge on any atom is -0.484 e. The standard InChI is InChI=1S/C24H27F8N3O7S2/c1-22(2,38)20(36)33-12-15-13-35(43(39,40)16-6-5-7-17(11-16)44(28,29,30,31)32)18-10-14(8-9-19(18)41-15)34-21(37)42-23(3,4)24(25,26)27/h5-11,15,38H,12-13H2,1-4H3,(H,33,36)(H,34,37)/t15-/m0/s1. The Morgan fingerprint density at radius 3 is 2.20 bits per heavy atom. The maximum Gasteiger partial charge on any atom is 0.427 e. The lowest BCUT2D eigenvalue weighted by Crippen LogP contribution is -2.51. The fourth-order valence-electron chi connectivity index (χ4n) is 3.58. The molecule has 2 aromatic rings. The van der Waals surface area contributed by atoms with Crippen molar-refractivity contribution in [2.24, 2.45) is 0 Å². The molecule has 1 atom stereocenters. The predicted octanol–water partition coefficient (Wildman–Crippen LogP) is 6.08. The lowest BCUT2D eigenvalue weighted by Gasteiger charge is -2.41. The van der Waals surface area contributed by atoms with E-state index in [0.717, 1.165) is 32.0 Å². The van der Waals surface area contributed by atoms with Gasteiger partial charge in [-0.15, -0.1) is 0 Å². The van der Waals surface area contributed by atoms with Crippen molar-refractivity contribution in [1.29, 1.82) is 0 Å². The summed E-state index contributed by atoms with van der Waals surface area (Å²) < 4.78 is 145. The number of anilines is 2. The van der Waals surface area contributed by atoms with Gasteiger partial charge in [0.2, 0.25) is 5.60 Å². The number of alkyl halides is 3. The molecule has 10 nitrogen and oxygen atoms in total. The second-order valence-corrected chi connectivity index (χ2v) is 15.0. The normalized spacial score (nSPS) is 17.8. The van der Waals surface area contributed by atoms with Crippen LogP contribution in [-0.4, -0.2) is 62.1 Å². The Bertz CT molecular complexity index is 1580. The topological polar surface area (TPSA) is 134 Å². The second-order valence-electron chi connectivity index (χ2n) is 10.7. The molecule has 3 rings (SSSR count). The first-order chi connectivity index (χ1) is 19.5. The molecule has 1 heterocycles. The first-order valence-electron chi connectivity index (χ1n) is 12.3. The molecule has 248 valence electrons. The fourth-order valence-corrected chi connectivity index (χ4v) is 5.89. The highest BCUT2D eigenvalue weighted by Gasteiger charge is 2.65. The number of fused-ring (bicyclic) bond motifs is 1. The number of carbonyl (C=O) groups excluding carboxylic acids is 2. The molecule has 3 N–H and O–H groups in total. The number of hydrogen-bond donors (Lipinski definition) is 3. The largest absolute Gasteiger partial charge is 0.484 e. The number of sulfonamides is 1. The van der Waals surface area contributed by atoms with Crippen LogP contribution in [0.3, 0.4) is 0 Å². The maximum atomic E-state index is 13.6. The van der Waals surface area contributed by atoms with Crippen LogP contribution < -0.4 is 19.7 Å². The summed E-state index contributed by atoms with van der Waals surface area (Å²) in [6.45, 7) is 2.25. The van der Waals surface area contributed by atoms with Gasteiger partial charge >= 0.3 is 22.5 Å². The van der Waals surface area contributed by atoms with E-state index < -0.39 is 84.3 Å². The third-order valence-electron chi connectivity index (χ3n) is 6.05. The number of nitrogens with zero attached hydrogens (tertiary/aromatic N) is 1. The summed E-state index contributed by atoms with van der Waals surface area (Å²) >= 11 is 0. The third kappa shape index (κ3) is 7.95. The van der Waals surface area contributed by atoms with E-state index in [0.29, 0.717) is 30.3 Å². The zero-order valence-corrected chi connectivity index (χ0v) is 24.9. The van der Waals surface area contributed by atoms with E-state index in [-0.39, 0.29) is 23.6 Å². The molecule has 2 amide bonds. The zero-order chi connectivity index (χ0) is 33.8. The van der Waals surface area contributed by atoms with E-state index in [9.17, 15) is 55.7 Å². The Morgan fingerprint density at radius 2 is 1.66 bits per heavy atom. The minimum atomic E-state index is -10.3. The van der Waals surface area contributed by atoms with Gasteiger partial charge in [0.1, 0.15) is 22.4 Å². The Morgan fingerprint density at radius 1 is 1.05 bits per heavy atom. The minimum absolute atomic E-state index is 0.00110. The molecule has 0 spiro atoms. The number of rotatable bonds is 8. The fraction of sp³-hybridized carbons (Fsp3) is 0.417. The molecule has 0 fully saturated rings. The molecule has 1 aliphatic rings. The van der Waals surface area contributed by atoms with E-state index in [1.165, 1.54) is 0 Å². The Kier molecular flexibility index (Phi) is 8.15. The van der Waals surface area contributed by atoms with Crippen molar-refractivity contribution < 1.29 is 65.2 Å². The van der Waals surface area contributed by atoms with Gasteiger partial charge in [-0.05, 0) is 64.1 Å². The van der Waals surface area contributed by atoms with Gasteiger partial charge in [-0.3, -0.25) is 14.4 Å². The van der Waals surface area contributed by atoms with Crippen molar-refractivity contribution in [1.82, 2.24) is 5.32 Å². The second kappa shape index (κ2) is 10.3. The first kappa shape index (κ1) is 35.0. The Hall–Kier alpha value is -3.52. The molecule has 0 saturated carbocycles. The molecule has 20 heteroatoms. The summed E-state index contributed by atoms with van der Waals surface area (Å²) in [6, 6.07) is 3.83. The van der Waals surface area contributed by atoms with Gasteiger partial charge in [-0.25, -0.2) is 13.2 Å².